The Morgan fingerprint density at radius 3 is 2.82 bits per heavy atom. The Hall–Kier alpha value is -1.04. The van der Waals surface area contributed by atoms with E-state index < -0.39 is 11.9 Å². The second kappa shape index (κ2) is 7.49. The van der Waals surface area contributed by atoms with Gasteiger partial charge >= 0.3 is 0 Å². The number of carbonyl (C=O) groups excluding carboxylic acids is 1. The summed E-state index contributed by atoms with van der Waals surface area (Å²) in [6.07, 6.45) is 0.215. The highest BCUT2D eigenvalue weighted by Gasteiger charge is 2.36. The first-order valence-electron chi connectivity index (χ1n) is 6.95. The highest BCUT2D eigenvalue weighted by atomic mass is 35.5. The van der Waals surface area contributed by atoms with E-state index in [-0.39, 0.29) is 28.8 Å². The van der Waals surface area contributed by atoms with E-state index in [0.717, 1.165) is 12.5 Å². The first-order chi connectivity index (χ1) is 9.84. The van der Waals surface area contributed by atoms with E-state index in [1.54, 1.807) is 11.8 Å². The van der Waals surface area contributed by atoms with Crippen molar-refractivity contribution in [3.8, 4) is 5.75 Å². The van der Waals surface area contributed by atoms with Gasteiger partial charge in [0.1, 0.15) is 11.6 Å². The van der Waals surface area contributed by atoms with Gasteiger partial charge in [0.2, 0.25) is 0 Å². The Bertz CT molecular complexity index is 544. The van der Waals surface area contributed by atoms with E-state index >= 15 is 0 Å². The Labute approximate surface area is 141 Å². The number of likely N-dealkylation sites (tertiary alicyclic amines) is 1. The summed E-state index contributed by atoms with van der Waals surface area (Å²) in [5.74, 6) is -0.239. The third kappa shape index (κ3) is 4.24. The van der Waals surface area contributed by atoms with Gasteiger partial charge in [-0.05, 0) is 43.5 Å². The number of hydrogen-bond acceptors (Lipinski definition) is 3. The van der Waals surface area contributed by atoms with E-state index in [4.69, 9.17) is 22.1 Å². The highest BCUT2D eigenvalue weighted by molar-refractivity contribution is 6.32. The number of nitrogens with zero attached hydrogens (tertiary/aromatic N) is 1. The van der Waals surface area contributed by atoms with Crippen LogP contribution in [0.4, 0.5) is 4.39 Å². The average Bonchev–Trinajstić information content (AvgIpc) is 2.84. The molecule has 2 atom stereocenters. The Balaban J connectivity index is 0.00000242. The van der Waals surface area contributed by atoms with Crippen molar-refractivity contribution >= 4 is 29.9 Å². The summed E-state index contributed by atoms with van der Waals surface area (Å²) in [7, 11) is 0. The topological polar surface area (TPSA) is 55.6 Å². The van der Waals surface area contributed by atoms with Gasteiger partial charge in [0.15, 0.2) is 6.10 Å². The van der Waals surface area contributed by atoms with E-state index in [1.165, 1.54) is 12.1 Å². The monoisotopic (exact) mass is 350 g/mol. The van der Waals surface area contributed by atoms with Gasteiger partial charge in [-0.15, -0.1) is 12.4 Å². The summed E-state index contributed by atoms with van der Waals surface area (Å²) in [6, 6.07) is 3.84. The molecule has 1 aliphatic heterocycles. The Morgan fingerprint density at radius 1 is 1.59 bits per heavy atom. The van der Waals surface area contributed by atoms with Gasteiger partial charge in [0.25, 0.3) is 5.91 Å². The molecule has 0 aliphatic carbocycles. The molecule has 2 N–H and O–H groups in total. The first kappa shape index (κ1) is 19.0. The van der Waals surface area contributed by atoms with Crippen LogP contribution in [-0.4, -0.2) is 36.5 Å². The summed E-state index contributed by atoms with van der Waals surface area (Å²) in [5.41, 5.74) is 5.72. The van der Waals surface area contributed by atoms with Crippen LogP contribution >= 0.6 is 24.0 Å². The standard InChI is InChI=1S/C15H20ClFN2O2.ClH/c1-10(21-13-4-3-11(17)7-12(13)16)14(20)19-6-5-15(2,8-18)9-19;/h3-4,7,10H,5-6,8-9,18H2,1-2H3;1H. The zero-order valence-electron chi connectivity index (χ0n) is 12.6. The molecule has 2 unspecified atom stereocenters. The molecule has 1 aromatic rings. The maximum Gasteiger partial charge on any atom is 0.263 e. The minimum absolute atomic E-state index is 0. The number of carbonyl (C=O) groups is 1. The number of ether oxygens (including phenoxy) is 1. The fraction of sp³-hybridized carbons (Fsp3) is 0.533. The zero-order valence-corrected chi connectivity index (χ0v) is 14.2. The van der Waals surface area contributed by atoms with Crippen LogP contribution in [0, 0.1) is 11.2 Å². The van der Waals surface area contributed by atoms with E-state index in [9.17, 15) is 9.18 Å². The fourth-order valence-electron chi connectivity index (χ4n) is 2.45. The molecular weight excluding hydrogens is 330 g/mol. The fourth-order valence-corrected chi connectivity index (χ4v) is 2.66. The third-order valence-corrected chi connectivity index (χ3v) is 4.20. The van der Waals surface area contributed by atoms with Gasteiger partial charge in [-0.3, -0.25) is 4.79 Å². The molecule has 7 heteroatoms. The predicted molar refractivity (Wildman–Crippen MR) is 87.1 cm³/mol. The average molecular weight is 351 g/mol. The van der Waals surface area contributed by atoms with E-state index in [1.807, 2.05) is 0 Å². The number of benzene rings is 1. The lowest BCUT2D eigenvalue weighted by atomic mass is 9.90. The number of hydrogen-bond donors (Lipinski definition) is 1. The summed E-state index contributed by atoms with van der Waals surface area (Å²) in [4.78, 5) is 14.1. The van der Waals surface area contributed by atoms with E-state index in [2.05, 4.69) is 6.92 Å². The van der Waals surface area contributed by atoms with Crippen molar-refractivity contribution in [1.29, 1.82) is 0 Å². The van der Waals surface area contributed by atoms with Crippen molar-refractivity contribution in [3.05, 3.63) is 29.0 Å². The molecule has 0 aromatic heterocycles. The van der Waals surface area contributed by atoms with Gasteiger partial charge in [0.05, 0.1) is 5.02 Å². The van der Waals surface area contributed by atoms with Crippen molar-refractivity contribution in [2.24, 2.45) is 11.1 Å². The minimum atomic E-state index is -0.673. The van der Waals surface area contributed by atoms with Crippen molar-refractivity contribution < 1.29 is 13.9 Å². The first-order valence-corrected chi connectivity index (χ1v) is 7.33. The molecule has 1 aromatic carbocycles. The van der Waals surface area contributed by atoms with Crippen LogP contribution in [0.2, 0.25) is 5.02 Å². The molecule has 124 valence electrons. The summed E-state index contributed by atoms with van der Waals surface area (Å²) >= 11 is 5.90. The van der Waals surface area contributed by atoms with Crippen LogP contribution in [0.5, 0.6) is 5.75 Å². The molecule has 4 nitrogen and oxygen atoms in total. The Kier molecular flexibility index (Phi) is 6.47. The number of rotatable bonds is 4. The zero-order chi connectivity index (χ0) is 15.6. The maximum absolute atomic E-state index is 13.0. The number of halogens is 3. The molecule has 1 heterocycles. The third-order valence-electron chi connectivity index (χ3n) is 3.91. The van der Waals surface area contributed by atoms with Crippen LogP contribution in [0.1, 0.15) is 20.3 Å². The molecule has 2 rings (SSSR count). The quantitative estimate of drug-likeness (QED) is 0.908. The lowest BCUT2D eigenvalue weighted by molar-refractivity contribution is -0.137. The summed E-state index contributed by atoms with van der Waals surface area (Å²) in [5, 5.41) is 0.155. The van der Waals surface area contributed by atoms with Crippen LogP contribution in [0.25, 0.3) is 0 Å². The van der Waals surface area contributed by atoms with Crippen LogP contribution < -0.4 is 10.5 Å². The van der Waals surface area contributed by atoms with Crippen molar-refractivity contribution in [3.63, 3.8) is 0 Å². The predicted octanol–water partition coefficient (Wildman–Crippen LogP) is 2.87. The summed E-state index contributed by atoms with van der Waals surface area (Å²) < 4.78 is 18.5. The molecule has 22 heavy (non-hydrogen) atoms. The molecule has 0 bridgehead atoms. The molecule has 1 aliphatic rings. The van der Waals surface area contributed by atoms with Gasteiger partial charge < -0.3 is 15.4 Å². The lowest BCUT2D eigenvalue weighted by Crippen LogP contribution is -2.41. The Morgan fingerprint density at radius 2 is 2.27 bits per heavy atom. The molecule has 1 saturated heterocycles. The molecule has 0 spiro atoms. The van der Waals surface area contributed by atoms with Crippen molar-refractivity contribution in [2.75, 3.05) is 19.6 Å². The molecular formula is C15H21Cl2FN2O2. The van der Waals surface area contributed by atoms with Gasteiger partial charge in [-0.25, -0.2) is 4.39 Å². The van der Waals surface area contributed by atoms with Gasteiger partial charge in [-0.2, -0.15) is 0 Å². The number of nitrogens with two attached hydrogens (primary N) is 1. The van der Waals surface area contributed by atoms with Gasteiger partial charge in [-0.1, -0.05) is 18.5 Å². The smallest absolute Gasteiger partial charge is 0.263 e. The largest absolute Gasteiger partial charge is 0.479 e. The van der Waals surface area contributed by atoms with Crippen molar-refractivity contribution in [1.82, 2.24) is 4.90 Å². The molecule has 1 fully saturated rings. The second-order valence-electron chi connectivity index (χ2n) is 5.86. The highest BCUT2D eigenvalue weighted by Crippen LogP contribution is 2.30. The van der Waals surface area contributed by atoms with Crippen molar-refractivity contribution in [2.45, 2.75) is 26.4 Å². The van der Waals surface area contributed by atoms with E-state index in [0.29, 0.717) is 25.4 Å². The molecule has 1 amide bonds. The maximum atomic E-state index is 13.0. The van der Waals surface area contributed by atoms with Crippen LogP contribution in [0.15, 0.2) is 18.2 Å². The lowest BCUT2D eigenvalue weighted by Gasteiger charge is -2.25. The number of amides is 1. The SMILES string of the molecule is CC(Oc1ccc(F)cc1Cl)C(=O)N1CCC(C)(CN)C1.Cl. The molecule has 0 radical (unpaired) electrons. The summed E-state index contributed by atoms with van der Waals surface area (Å²) in [6.45, 7) is 5.60. The normalized spacial score (nSPS) is 22.1. The minimum Gasteiger partial charge on any atom is -0.479 e. The second-order valence-corrected chi connectivity index (χ2v) is 6.27. The van der Waals surface area contributed by atoms with Crippen LogP contribution in [-0.2, 0) is 4.79 Å². The molecule has 0 saturated carbocycles. The van der Waals surface area contributed by atoms with Crippen LogP contribution in [0.3, 0.4) is 0 Å². The van der Waals surface area contributed by atoms with Gasteiger partial charge in [0, 0.05) is 13.1 Å².